The molecule has 0 unspecified atom stereocenters. The van der Waals surface area contributed by atoms with E-state index in [1.807, 2.05) is 36.5 Å². The van der Waals surface area contributed by atoms with E-state index >= 15 is 0 Å². The molecule has 8 heteroatoms. The van der Waals surface area contributed by atoms with Crippen molar-refractivity contribution in [2.75, 3.05) is 24.9 Å². The van der Waals surface area contributed by atoms with Crippen molar-refractivity contribution in [2.24, 2.45) is 0 Å². The molecule has 0 aliphatic carbocycles. The number of aromatic nitrogens is 4. The van der Waals surface area contributed by atoms with Gasteiger partial charge in [-0.1, -0.05) is 0 Å². The van der Waals surface area contributed by atoms with Crippen LogP contribution in [0.5, 0.6) is 11.5 Å². The van der Waals surface area contributed by atoms with Gasteiger partial charge in [-0.05, 0) is 30.3 Å². The Morgan fingerprint density at radius 2 is 1.78 bits per heavy atom. The second-order valence-electron chi connectivity index (χ2n) is 5.72. The number of nitrogens with zero attached hydrogens (tertiary/aromatic N) is 3. The minimum Gasteiger partial charge on any atom is -0.493 e. The van der Waals surface area contributed by atoms with Crippen molar-refractivity contribution in [3.05, 3.63) is 55.0 Å². The average Bonchev–Trinajstić information content (AvgIpc) is 3.16. The lowest BCUT2D eigenvalue weighted by Crippen LogP contribution is -2.01. The Labute approximate surface area is 155 Å². The van der Waals surface area contributed by atoms with E-state index in [2.05, 4.69) is 30.6 Å². The molecule has 0 aliphatic heterocycles. The molecule has 0 radical (unpaired) electrons. The molecule has 0 atom stereocenters. The summed E-state index contributed by atoms with van der Waals surface area (Å²) in [6.45, 7) is 0. The molecular formula is C19H18N6O2. The maximum Gasteiger partial charge on any atom is 0.229 e. The maximum absolute atomic E-state index is 5.32. The largest absolute Gasteiger partial charge is 0.493 e. The SMILES string of the molecule is COc1ccc(Nc2nccc(Nc3cnc4cc[nH]c4c3)n2)cc1OC. The van der Waals surface area contributed by atoms with Crippen molar-refractivity contribution in [3.8, 4) is 11.5 Å². The first kappa shape index (κ1) is 16.6. The van der Waals surface area contributed by atoms with Gasteiger partial charge in [-0.3, -0.25) is 4.98 Å². The fraction of sp³-hybridized carbons (Fsp3) is 0.105. The fourth-order valence-corrected chi connectivity index (χ4v) is 2.68. The molecule has 136 valence electrons. The molecule has 0 fully saturated rings. The molecular weight excluding hydrogens is 344 g/mol. The highest BCUT2D eigenvalue weighted by Gasteiger charge is 2.07. The fourth-order valence-electron chi connectivity index (χ4n) is 2.68. The molecule has 8 nitrogen and oxygen atoms in total. The topological polar surface area (TPSA) is 97.0 Å². The normalized spacial score (nSPS) is 10.6. The summed E-state index contributed by atoms with van der Waals surface area (Å²) in [6, 6.07) is 11.2. The lowest BCUT2D eigenvalue weighted by Gasteiger charge is -2.11. The number of aromatic amines is 1. The summed E-state index contributed by atoms with van der Waals surface area (Å²) in [5, 5.41) is 6.40. The molecule has 3 heterocycles. The molecule has 3 N–H and O–H groups in total. The Kier molecular flexibility index (Phi) is 4.44. The van der Waals surface area contributed by atoms with Crippen LogP contribution in [0.2, 0.25) is 0 Å². The second kappa shape index (κ2) is 7.20. The number of rotatable bonds is 6. The first-order valence-electron chi connectivity index (χ1n) is 8.27. The summed E-state index contributed by atoms with van der Waals surface area (Å²) in [4.78, 5) is 16.3. The van der Waals surface area contributed by atoms with E-state index in [4.69, 9.17) is 9.47 Å². The Morgan fingerprint density at radius 3 is 2.63 bits per heavy atom. The van der Waals surface area contributed by atoms with Crippen molar-refractivity contribution < 1.29 is 9.47 Å². The Bertz CT molecular complexity index is 1080. The summed E-state index contributed by atoms with van der Waals surface area (Å²) < 4.78 is 10.6. The summed E-state index contributed by atoms with van der Waals surface area (Å²) in [5.41, 5.74) is 3.50. The standard InChI is InChI=1S/C19H18N6O2/c1-26-16-4-3-12(10-17(16)27-2)24-19-21-8-6-18(25-19)23-13-9-15-14(22-11-13)5-7-20-15/h3-11,20H,1-2H3,(H2,21,23,24,25). The van der Waals surface area contributed by atoms with Crippen molar-refractivity contribution >= 4 is 34.2 Å². The third kappa shape index (κ3) is 3.59. The van der Waals surface area contributed by atoms with Gasteiger partial charge in [0, 0.05) is 24.1 Å². The van der Waals surface area contributed by atoms with Crippen LogP contribution < -0.4 is 20.1 Å². The number of H-pyrrole nitrogens is 1. The molecule has 0 aliphatic rings. The number of methoxy groups -OCH3 is 2. The van der Waals surface area contributed by atoms with E-state index in [0.29, 0.717) is 23.3 Å². The highest BCUT2D eigenvalue weighted by Crippen LogP contribution is 2.30. The van der Waals surface area contributed by atoms with Gasteiger partial charge in [0.1, 0.15) is 5.82 Å². The van der Waals surface area contributed by atoms with Crippen molar-refractivity contribution in [2.45, 2.75) is 0 Å². The van der Waals surface area contributed by atoms with E-state index in [1.54, 1.807) is 32.7 Å². The van der Waals surface area contributed by atoms with Crippen molar-refractivity contribution in [1.82, 2.24) is 19.9 Å². The molecule has 0 spiro atoms. The monoisotopic (exact) mass is 362 g/mol. The third-order valence-corrected chi connectivity index (χ3v) is 3.97. The van der Waals surface area contributed by atoms with Crippen LogP contribution in [0.1, 0.15) is 0 Å². The average molecular weight is 362 g/mol. The number of anilines is 4. The van der Waals surface area contributed by atoms with E-state index in [0.717, 1.165) is 22.4 Å². The van der Waals surface area contributed by atoms with Crippen LogP contribution in [0.4, 0.5) is 23.1 Å². The molecule has 0 amide bonds. The van der Waals surface area contributed by atoms with E-state index < -0.39 is 0 Å². The van der Waals surface area contributed by atoms with Gasteiger partial charge in [-0.25, -0.2) is 4.98 Å². The van der Waals surface area contributed by atoms with Gasteiger partial charge >= 0.3 is 0 Å². The zero-order valence-electron chi connectivity index (χ0n) is 14.9. The van der Waals surface area contributed by atoms with Gasteiger partial charge in [-0.15, -0.1) is 0 Å². The van der Waals surface area contributed by atoms with Crippen LogP contribution in [0.15, 0.2) is 55.0 Å². The predicted octanol–water partition coefficient (Wildman–Crippen LogP) is 3.86. The van der Waals surface area contributed by atoms with E-state index in [1.165, 1.54) is 0 Å². The van der Waals surface area contributed by atoms with Gasteiger partial charge < -0.3 is 25.1 Å². The Hall–Kier alpha value is -3.81. The van der Waals surface area contributed by atoms with Crippen LogP contribution in [-0.2, 0) is 0 Å². The minimum atomic E-state index is 0.459. The van der Waals surface area contributed by atoms with Crippen LogP contribution in [-0.4, -0.2) is 34.2 Å². The van der Waals surface area contributed by atoms with E-state index in [9.17, 15) is 0 Å². The zero-order chi connectivity index (χ0) is 18.6. The molecule has 3 aromatic heterocycles. The smallest absolute Gasteiger partial charge is 0.229 e. The van der Waals surface area contributed by atoms with Crippen LogP contribution in [0.25, 0.3) is 11.0 Å². The number of hydrogen-bond donors (Lipinski definition) is 3. The molecule has 0 saturated heterocycles. The van der Waals surface area contributed by atoms with Crippen molar-refractivity contribution in [3.63, 3.8) is 0 Å². The number of ether oxygens (including phenoxy) is 2. The summed E-state index contributed by atoms with van der Waals surface area (Å²) >= 11 is 0. The van der Waals surface area contributed by atoms with Gasteiger partial charge in [0.15, 0.2) is 11.5 Å². The number of nitrogens with one attached hydrogen (secondary N) is 3. The third-order valence-electron chi connectivity index (χ3n) is 3.97. The molecule has 4 rings (SSSR count). The Morgan fingerprint density at radius 1 is 0.889 bits per heavy atom. The number of fused-ring (bicyclic) bond motifs is 1. The van der Waals surface area contributed by atoms with Gasteiger partial charge in [0.2, 0.25) is 5.95 Å². The quantitative estimate of drug-likeness (QED) is 0.479. The predicted molar refractivity (Wildman–Crippen MR) is 104 cm³/mol. The lowest BCUT2D eigenvalue weighted by atomic mass is 10.3. The number of pyridine rings is 1. The highest BCUT2D eigenvalue weighted by molar-refractivity contribution is 5.79. The van der Waals surface area contributed by atoms with E-state index in [-0.39, 0.29) is 0 Å². The number of benzene rings is 1. The maximum atomic E-state index is 5.32. The molecule has 1 aromatic carbocycles. The first-order valence-corrected chi connectivity index (χ1v) is 8.27. The van der Waals surface area contributed by atoms with Crippen LogP contribution in [0, 0.1) is 0 Å². The van der Waals surface area contributed by atoms with Gasteiger partial charge in [0.05, 0.1) is 37.1 Å². The second-order valence-corrected chi connectivity index (χ2v) is 5.72. The molecule has 4 aromatic rings. The highest BCUT2D eigenvalue weighted by atomic mass is 16.5. The lowest BCUT2D eigenvalue weighted by molar-refractivity contribution is 0.355. The Balaban J connectivity index is 1.53. The summed E-state index contributed by atoms with van der Waals surface area (Å²) in [5.74, 6) is 2.40. The van der Waals surface area contributed by atoms with Gasteiger partial charge in [-0.2, -0.15) is 4.98 Å². The summed E-state index contributed by atoms with van der Waals surface area (Å²) in [7, 11) is 3.19. The van der Waals surface area contributed by atoms with Crippen molar-refractivity contribution in [1.29, 1.82) is 0 Å². The summed E-state index contributed by atoms with van der Waals surface area (Å²) in [6.07, 6.45) is 5.30. The molecule has 0 saturated carbocycles. The first-order chi connectivity index (χ1) is 13.2. The number of hydrogen-bond acceptors (Lipinski definition) is 7. The molecule has 0 bridgehead atoms. The molecule has 27 heavy (non-hydrogen) atoms. The van der Waals surface area contributed by atoms with Crippen LogP contribution >= 0.6 is 0 Å². The van der Waals surface area contributed by atoms with Gasteiger partial charge in [0.25, 0.3) is 0 Å². The van der Waals surface area contributed by atoms with Crippen LogP contribution in [0.3, 0.4) is 0 Å². The zero-order valence-corrected chi connectivity index (χ0v) is 14.9. The minimum absolute atomic E-state index is 0.459.